The van der Waals surface area contributed by atoms with Crippen LogP contribution >= 0.6 is 0 Å². The van der Waals surface area contributed by atoms with Crippen LogP contribution in [0.25, 0.3) is 0 Å². The molecule has 0 aromatic heterocycles. The van der Waals surface area contributed by atoms with Crippen LogP contribution in [0.4, 0.5) is 0 Å². The van der Waals surface area contributed by atoms with Crippen LogP contribution in [0.3, 0.4) is 0 Å². The minimum Gasteiger partial charge on any atom is -0.496 e. The molecule has 0 spiro atoms. The number of aliphatic imine (C=N–C) groups is 1. The van der Waals surface area contributed by atoms with Gasteiger partial charge in [0.1, 0.15) is 5.75 Å². The van der Waals surface area contributed by atoms with Crippen LogP contribution in [-0.4, -0.2) is 89.0 Å². The van der Waals surface area contributed by atoms with Crippen molar-refractivity contribution >= 4 is 5.96 Å². The van der Waals surface area contributed by atoms with Crippen LogP contribution in [-0.2, 0) is 16.1 Å². The lowest BCUT2D eigenvalue weighted by molar-refractivity contribution is 0.0315. The van der Waals surface area contributed by atoms with Crippen molar-refractivity contribution in [3.63, 3.8) is 0 Å². The third-order valence-corrected chi connectivity index (χ3v) is 5.40. The predicted octanol–water partition coefficient (Wildman–Crippen LogP) is 1.44. The van der Waals surface area contributed by atoms with Gasteiger partial charge in [-0.05, 0) is 18.4 Å². The maximum Gasteiger partial charge on any atom is 0.193 e. The van der Waals surface area contributed by atoms with E-state index < -0.39 is 0 Å². The average Bonchev–Trinajstić information content (AvgIpc) is 3.20. The maximum absolute atomic E-state index is 5.81. The van der Waals surface area contributed by atoms with Crippen molar-refractivity contribution in [1.29, 1.82) is 0 Å². The largest absolute Gasteiger partial charge is 0.496 e. The fraction of sp³-hybridized carbons (Fsp3) is 0.667. The van der Waals surface area contributed by atoms with Gasteiger partial charge in [-0.25, -0.2) is 0 Å². The van der Waals surface area contributed by atoms with E-state index in [0.29, 0.717) is 19.1 Å². The molecule has 1 unspecified atom stereocenters. The zero-order valence-electron chi connectivity index (χ0n) is 17.2. The van der Waals surface area contributed by atoms with Gasteiger partial charge in [-0.1, -0.05) is 18.2 Å². The lowest BCUT2D eigenvalue weighted by Crippen LogP contribution is -2.43. The molecule has 0 amide bonds. The summed E-state index contributed by atoms with van der Waals surface area (Å²) in [5.74, 6) is 2.55. The van der Waals surface area contributed by atoms with Crippen LogP contribution < -0.4 is 10.1 Å². The average molecular weight is 391 g/mol. The smallest absolute Gasteiger partial charge is 0.193 e. The highest BCUT2D eigenvalue weighted by Gasteiger charge is 2.26. The Morgan fingerprint density at radius 2 is 2.07 bits per heavy atom. The number of nitrogens with one attached hydrogen (secondary N) is 1. The Kier molecular flexibility index (Phi) is 8.39. The van der Waals surface area contributed by atoms with Crippen molar-refractivity contribution in [2.45, 2.75) is 13.0 Å². The maximum atomic E-state index is 5.81. The molecule has 2 aliphatic heterocycles. The molecule has 28 heavy (non-hydrogen) atoms. The Balaban J connectivity index is 1.34. The number of methoxy groups -OCH3 is 1. The number of morpholine rings is 1. The second kappa shape index (κ2) is 11.2. The van der Waals surface area contributed by atoms with Gasteiger partial charge in [-0.3, -0.25) is 9.89 Å². The quantitative estimate of drug-likeness (QED) is 0.412. The molecule has 7 heteroatoms. The summed E-state index contributed by atoms with van der Waals surface area (Å²) in [4.78, 5) is 9.35. The molecule has 1 atom stereocenters. The van der Waals surface area contributed by atoms with E-state index in [0.717, 1.165) is 63.2 Å². The second-order valence-electron chi connectivity index (χ2n) is 7.35. The molecule has 2 aliphatic rings. The molecule has 156 valence electrons. The van der Waals surface area contributed by atoms with Crippen LogP contribution in [0.15, 0.2) is 29.3 Å². The summed E-state index contributed by atoms with van der Waals surface area (Å²) < 4.78 is 16.6. The molecule has 2 fully saturated rings. The summed E-state index contributed by atoms with van der Waals surface area (Å²) >= 11 is 0. The third kappa shape index (κ3) is 6.09. The van der Waals surface area contributed by atoms with Crippen molar-refractivity contribution in [1.82, 2.24) is 15.1 Å². The summed E-state index contributed by atoms with van der Waals surface area (Å²) in [5.41, 5.74) is 1.07. The fourth-order valence-corrected chi connectivity index (χ4v) is 3.89. The summed E-state index contributed by atoms with van der Waals surface area (Å²) in [5, 5.41) is 3.44. The summed E-state index contributed by atoms with van der Waals surface area (Å²) in [6.45, 7) is 9.09. The Bertz CT molecular complexity index is 619. The highest BCUT2D eigenvalue weighted by molar-refractivity contribution is 5.80. The molecule has 3 rings (SSSR count). The van der Waals surface area contributed by atoms with Crippen LogP contribution in [0.1, 0.15) is 12.0 Å². The van der Waals surface area contributed by atoms with Crippen LogP contribution in [0.5, 0.6) is 5.75 Å². The van der Waals surface area contributed by atoms with Gasteiger partial charge in [0.15, 0.2) is 5.96 Å². The number of hydrogen-bond donors (Lipinski definition) is 1. The topological polar surface area (TPSA) is 58.6 Å². The first-order valence-electron chi connectivity index (χ1n) is 10.3. The Hall–Kier alpha value is -1.83. The van der Waals surface area contributed by atoms with Crippen molar-refractivity contribution in [3.8, 4) is 5.75 Å². The molecule has 1 aromatic rings. The van der Waals surface area contributed by atoms with E-state index >= 15 is 0 Å². The van der Waals surface area contributed by atoms with Crippen molar-refractivity contribution in [3.05, 3.63) is 29.8 Å². The van der Waals surface area contributed by atoms with E-state index in [2.05, 4.69) is 20.1 Å². The van der Waals surface area contributed by atoms with E-state index in [1.807, 2.05) is 31.3 Å². The molecular formula is C21H34N4O3. The molecular weight excluding hydrogens is 356 g/mol. The molecule has 2 saturated heterocycles. The number of rotatable bonds is 8. The van der Waals surface area contributed by atoms with Crippen molar-refractivity contribution in [2.24, 2.45) is 10.9 Å². The Morgan fingerprint density at radius 1 is 1.25 bits per heavy atom. The number of likely N-dealkylation sites (tertiary alicyclic amines) is 1. The zero-order chi connectivity index (χ0) is 19.6. The summed E-state index contributed by atoms with van der Waals surface area (Å²) in [6.07, 6.45) is 1.22. The molecule has 2 heterocycles. The minimum atomic E-state index is 0.551. The van der Waals surface area contributed by atoms with Gasteiger partial charge in [0.2, 0.25) is 0 Å². The lowest BCUT2D eigenvalue weighted by Gasteiger charge is -2.29. The molecule has 7 nitrogen and oxygen atoms in total. The number of hydrogen-bond acceptors (Lipinski definition) is 5. The van der Waals surface area contributed by atoms with Crippen LogP contribution in [0, 0.1) is 5.92 Å². The SMILES string of the molecule is CN=C(NCCOCc1ccccc1OC)N1CCC(CN2CCOCC2)C1. The number of benzene rings is 1. The van der Waals surface area contributed by atoms with Crippen LogP contribution in [0.2, 0.25) is 0 Å². The predicted molar refractivity (Wildman–Crippen MR) is 111 cm³/mol. The van der Waals surface area contributed by atoms with Crippen molar-refractivity contribution in [2.75, 3.05) is 73.2 Å². The highest BCUT2D eigenvalue weighted by atomic mass is 16.5. The van der Waals surface area contributed by atoms with E-state index in [4.69, 9.17) is 14.2 Å². The Labute approximate surface area is 168 Å². The number of ether oxygens (including phenoxy) is 3. The normalized spacial score (nSPS) is 21.1. The first-order chi connectivity index (χ1) is 13.8. The van der Waals surface area contributed by atoms with Crippen molar-refractivity contribution < 1.29 is 14.2 Å². The number of para-hydroxylation sites is 1. The van der Waals surface area contributed by atoms with E-state index in [9.17, 15) is 0 Å². The summed E-state index contributed by atoms with van der Waals surface area (Å²) in [7, 11) is 3.54. The van der Waals surface area contributed by atoms with Gasteiger partial charge in [0.05, 0.1) is 33.5 Å². The molecule has 1 aromatic carbocycles. The molecule has 1 N–H and O–H groups in total. The lowest BCUT2D eigenvalue weighted by atomic mass is 10.1. The van der Waals surface area contributed by atoms with E-state index in [1.54, 1.807) is 7.11 Å². The first kappa shape index (κ1) is 20.9. The minimum absolute atomic E-state index is 0.551. The standard InChI is InChI=1S/C21H34N4O3/c1-22-21(23-8-12-28-17-19-5-3-4-6-20(19)26-2)25-9-7-18(16-25)15-24-10-13-27-14-11-24/h3-6,18H,7-17H2,1-2H3,(H,22,23). The third-order valence-electron chi connectivity index (χ3n) is 5.40. The first-order valence-corrected chi connectivity index (χ1v) is 10.3. The number of nitrogens with zero attached hydrogens (tertiary/aromatic N) is 3. The van der Waals surface area contributed by atoms with Gasteiger partial charge in [-0.15, -0.1) is 0 Å². The van der Waals surface area contributed by atoms with Gasteiger partial charge in [-0.2, -0.15) is 0 Å². The molecule has 0 radical (unpaired) electrons. The monoisotopic (exact) mass is 390 g/mol. The van der Waals surface area contributed by atoms with Gasteiger partial charge in [0.25, 0.3) is 0 Å². The highest BCUT2D eigenvalue weighted by Crippen LogP contribution is 2.19. The molecule has 0 bridgehead atoms. The number of guanidine groups is 1. The zero-order valence-corrected chi connectivity index (χ0v) is 17.2. The molecule has 0 aliphatic carbocycles. The fourth-order valence-electron chi connectivity index (χ4n) is 3.89. The van der Waals surface area contributed by atoms with Gasteiger partial charge in [0, 0.05) is 51.9 Å². The van der Waals surface area contributed by atoms with E-state index in [1.165, 1.54) is 13.0 Å². The Morgan fingerprint density at radius 3 is 2.86 bits per heavy atom. The molecule has 0 saturated carbocycles. The van der Waals surface area contributed by atoms with E-state index in [-0.39, 0.29) is 0 Å². The van der Waals surface area contributed by atoms with Gasteiger partial charge >= 0.3 is 0 Å². The summed E-state index contributed by atoms with van der Waals surface area (Å²) in [6, 6.07) is 7.96. The second-order valence-corrected chi connectivity index (χ2v) is 7.35. The van der Waals surface area contributed by atoms with Gasteiger partial charge < -0.3 is 24.4 Å².